The van der Waals surface area contributed by atoms with Crippen molar-refractivity contribution in [2.45, 2.75) is 0 Å². The molecule has 23 heavy (non-hydrogen) atoms. The van der Waals surface area contributed by atoms with E-state index in [4.69, 9.17) is 17.5 Å². The zero-order chi connectivity index (χ0) is 16.3. The van der Waals surface area contributed by atoms with Crippen molar-refractivity contribution in [2.24, 2.45) is 0 Å². The van der Waals surface area contributed by atoms with Crippen LogP contribution in [0.5, 0.6) is 0 Å². The molecule has 17 heteroatoms. The van der Waals surface area contributed by atoms with Crippen LogP contribution in [0, 0.1) is 0 Å². The van der Waals surface area contributed by atoms with Crippen LogP contribution in [0.25, 0.3) is 0 Å². The van der Waals surface area contributed by atoms with Crippen LogP contribution >= 0.6 is 0 Å². The van der Waals surface area contributed by atoms with E-state index in [9.17, 15) is 25.9 Å². The maximum Gasteiger partial charge on any atom is 2.00 e. The third kappa shape index (κ3) is 119. The molecule has 0 heterocycles. The third-order valence-electron chi connectivity index (χ3n) is 0.644. The molecule has 0 saturated heterocycles. The molecule has 0 N–H and O–H groups in total. The third-order valence-corrected chi connectivity index (χ3v) is 1.93. The molecule has 0 saturated carbocycles. The second-order valence-corrected chi connectivity index (χ2v) is 6.15. The van der Waals surface area contributed by atoms with Crippen molar-refractivity contribution in [1.29, 1.82) is 0 Å². The van der Waals surface area contributed by atoms with E-state index < -0.39 is 42.1 Å². The fourth-order valence-corrected chi connectivity index (χ4v) is 0.866. The second kappa shape index (κ2) is 21.7. The Bertz CT molecular complexity index is 528. The Balaban J connectivity index is -0.0000000311. The summed E-state index contributed by atoms with van der Waals surface area (Å²) < 4.78 is 91.7. The first-order chi connectivity index (χ1) is 8.12. The summed E-state index contributed by atoms with van der Waals surface area (Å²) in [5, 5.41) is 0. The van der Waals surface area contributed by atoms with Crippen molar-refractivity contribution in [3.8, 4) is 0 Å². The summed E-state index contributed by atoms with van der Waals surface area (Å²) in [6.45, 7) is 6.13. The van der Waals surface area contributed by atoms with Gasteiger partial charge in [0.25, 0.3) is 0 Å². The quantitative estimate of drug-likeness (QED) is 0.168. The number of hydrogen-bond donors (Lipinski definition) is 0. The predicted octanol–water partition coefficient (Wildman–Crippen LogP) is -8.38. The van der Waals surface area contributed by atoms with Crippen LogP contribution in [-0.4, -0.2) is 55.0 Å². The van der Waals surface area contributed by atoms with E-state index in [1.54, 1.807) is 0 Å². The number of hydrogen-bond acceptors (Lipinski definition) is 10. The summed E-state index contributed by atoms with van der Waals surface area (Å²) in [7, 11) is -13.3. The molecule has 0 aromatic carbocycles. The summed E-state index contributed by atoms with van der Waals surface area (Å²) in [6, 6.07) is 0. The fourth-order valence-electron chi connectivity index (χ4n) is 0.289. The monoisotopic (exact) mass is 456 g/mol. The summed E-state index contributed by atoms with van der Waals surface area (Å²) in [5.41, 5.74) is 0. The largest absolute Gasteiger partial charge is 2.00 e. The van der Waals surface area contributed by atoms with Gasteiger partial charge in [-0.25, -0.2) is 16.8 Å². The van der Waals surface area contributed by atoms with E-state index >= 15 is 0 Å². The number of nitrogens with zero attached hydrogens (tertiary/aromatic N) is 1. The van der Waals surface area contributed by atoms with E-state index in [2.05, 4.69) is 13.2 Å². The van der Waals surface area contributed by atoms with E-state index in [-0.39, 0.29) is 81.8 Å². The van der Waals surface area contributed by atoms with Gasteiger partial charge in [-0.05, 0) is 0 Å². The van der Waals surface area contributed by atoms with Crippen LogP contribution < -0.4 is 65.3 Å². The minimum Gasteiger partial charge on any atom is -0.759 e. The zero-order valence-corrected chi connectivity index (χ0v) is 19.5. The van der Waals surface area contributed by atoms with Gasteiger partial charge in [-0.2, -0.15) is 0 Å². The first-order valence-electron chi connectivity index (χ1n) is 3.88. The maximum absolute atomic E-state index is 9.60. The SMILES string of the molecule is C=CCS(=O)(=O)[O-].C=CCS(=O)(=O)[O-].O=S(=O)([O-])[O-].[N].[Na+].[Na+].[Ni+2]. The van der Waals surface area contributed by atoms with Crippen molar-refractivity contribution >= 4 is 30.6 Å². The van der Waals surface area contributed by atoms with Gasteiger partial charge in [-0.3, -0.25) is 8.42 Å². The molecule has 0 aromatic rings. The molecule has 0 rings (SSSR count). The molecule has 0 aliphatic rings. The normalized spacial score (nSPS) is 9.22. The average Bonchev–Trinajstić information content (AvgIpc) is 1.95. The van der Waals surface area contributed by atoms with Gasteiger partial charge in [0.1, 0.15) is 0 Å². The van der Waals surface area contributed by atoms with Crippen molar-refractivity contribution in [1.82, 2.24) is 6.15 Å². The van der Waals surface area contributed by atoms with E-state index in [1.165, 1.54) is 0 Å². The Morgan fingerprint density at radius 3 is 0.826 bits per heavy atom. The van der Waals surface area contributed by atoms with Crippen LogP contribution in [0.15, 0.2) is 25.3 Å². The summed E-state index contributed by atoms with van der Waals surface area (Å²) in [6.07, 6.45) is 2.12. The molecular weight excluding hydrogens is 447 g/mol. The Morgan fingerprint density at radius 1 is 0.696 bits per heavy atom. The molecule has 0 aliphatic carbocycles. The Morgan fingerprint density at radius 2 is 0.826 bits per heavy atom. The van der Waals surface area contributed by atoms with Crippen LogP contribution in [-0.2, 0) is 47.1 Å². The van der Waals surface area contributed by atoms with E-state index in [1.807, 2.05) is 0 Å². The van der Waals surface area contributed by atoms with Crippen LogP contribution in [0.1, 0.15) is 0 Å². The van der Waals surface area contributed by atoms with Crippen molar-refractivity contribution in [3.63, 3.8) is 0 Å². The molecule has 129 valence electrons. The van der Waals surface area contributed by atoms with Gasteiger partial charge in [0.05, 0.1) is 31.7 Å². The van der Waals surface area contributed by atoms with Crippen molar-refractivity contribution in [2.75, 3.05) is 11.5 Å². The van der Waals surface area contributed by atoms with Gasteiger partial charge in [-0.15, -0.1) is 13.2 Å². The molecule has 0 unspecified atom stereocenters. The first kappa shape index (κ1) is 44.2. The standard InChI is InChI=1S/2C3H6O3S.N.2Na.Ni.H2O4S/c2*1-2-3-7(4,5)6;;;;;1-5(2,3)4/h2*2H,1,3H2,(H,4,5,6);;;;;(H2,1,2,3,4)/q;;;2*+1;+2;/p-4. The molecule has 3 radical (unpaired) electrons. The second-order valence-electron chi connectivity index (χ2n) is 2.43. The summed E-state index contributed by atoms with van der Waals surface area (Å²) in [4.78, 5) is 0. The van der Waals surface area contributed by atoms with Crippen molar-refractivity contribution < 1.29 is 119 Å². The minimum absolute atomic E-state index is 0. The smallest absolute Gasteiger partial charge is 0.759 e. The molecular formula is C6H10NNa2NiO10S3. The predicted molar refractivity (Wildman–Crippen MR) is 62.1 cm³/mol. The van der Waals surface area contributed by atoms with Crippen LogP contribution in [0.3, 0.4) is 0 Å². The molecule has 0 spiro atoms. The van der Waals surface area contributed by atoms with Gasteiger partial charge in [0.2, 0.25) is 0 Å². The fraction of sp³-hybridized carbons (Fsp3) is 0.333. The van der Waals surface area contributed by atoms with Crippen molar-refractivity contribution in [3.05, 3.63) is 25.3 Å². The van der Waals surface area contributed by atoms with Crippen LogP contribution in [0.2, 0.25) is 0 Å². The van der Waals surface area contributed by atoms with Gasteiger partial charge in [0, 0.05) is 16.5 Å². The molecule has 0 aromatic heterocycles. The van der Waals surface area contributed by atoms with Gasteiger partial charge in [0.15, 0.2) is 0 Å². The minimum atomic E-state index is -5.17. The molecule has 0 bridgehead atoms. The van der Waals surface area contributed by atoms with Gasteiger partial charge in [-0.1, -0.05) is 12.2 Å². The maximum atomic E-state index is 9.60. The van der Waals surface area contributed by atoms with Gasteiger partial charge >= 0.3 is 75.6 Å². The molecule has 0 fully saturated rings. The molecule has 0 atom stereocenters. The Hall–Kier alpha value is 1.62. The Kier molecular flexibility index (Phi) is 41.7. The summed E-state index contributed by atoms with van der Waals surface area (Å²) in [5.74, 6) is -0.958. The topological polar surface area (TPSA) is 225 Å². The molecule has 11 nitrogen and oxygen atoms in total. The van der Waals surface area contributed by atoms with Crippen LogP contribution in [0.4, 0.5) is 0 Å². The summed E-state index contributed by atoms with van der Waals surface area (Å²) >= 11 is 0. The Labute approximate surface area is 190 Å². The molecule has 0 amide bonds. The van der Waals surface area contributed by atoms with E-state index in [0.717, 1.165) is 12.2 Å². The zero-order valence-electron chi connectivity index (χ0n) is 12.1. The van der Waals surface area contributed by atoms with Gasteiger partial charge < -0.3 is 18.2 Å². The molecule has 0 aliphatic heterocycles. The number of rotatable bonds is 4. The average molecular weight is 457 g/mol. The first-order valence-corrected chi connectivity index (χ1v) is 8.37. The van der Waals surface area contributed by atoms with E-state index in [0.29, 0.717) is 0 Å².